The van der Waals surface area contributed by atoms with Gasteiger partial charge in [-0.05, 0) is 13.0 Å². The number of carbonyl (C=O) groups excluding carboxylic acids is 1. The Labute approximate surface area is 79.5 Å². The number of ether oxygens (including phenoxy) is 1. The van der Waals surface area contributed by atoms with Crippen molar-refractivity contribution in [1.29, 1.82) is 0 Å². The topological polar surface area (TPSA) is 39.2 Å². The van der Waals surface area contributed by atoms with Crippen LogP contribution in [0.2, 0.25) is 5.15 Å². The number of esters is 1. The van der Waals surface area contributed by atoms with E-state index >= 15 is 0 Å². The maximum atomic E-state index is 13.1. The molecular formula is C8H7ClFNO2. The van der Waals surface area contributed by atoms with Crippen LogP contribution in [0.3, 0.4) is 0 Å². The number of pyridine rings is 1. The van der Waals surface area contributed by atoms with Gasteiger partial charge in [0.2, 0.25) is 0 Å². The molecule has 3 nitrogen and oxygen atoms in total. The number of methoxy groups -OCH3 is 1. The van der Waals surface area contributed by atoms with Crippen molar-refractivity contribution in [2.75, 3.05) is 7.11 Å². The van der Waals surface area contributed by atoms with E-state index in [-0.39, 0.29) is 10.7 Å². The van der Waals surface area contributed by atoms with Gasteiger partial charge in [-0.2, -0.15) is 0 Å². The number of nitrogens with zero attached hydrogens (tertiary/aromatic N) is 1. The molecule has 70 valence electrons. The summed E-state index contributed by atoms with van der Waals surface area (Å²) in [6.45, 7) is 1.61. The summed E-state index contributed by atoms with van der Waals surface area (Å²) in [5.41, 5.74) is 0.270. The van der Waals surface area contributed by atoms with Crippen LogP contribution in [-0.2, 0) is 4.74 Å². The Morgan fingerprint density at radius 3 is 2.85 bits per heavy atom. The molecule has 0 aliphatic rings. The molecule has 1 aromatic heterocycles. The van der Waals surface area contributed by atoms with E-state index in [0.717, 1.165) is 0 Å². The first-order valence-corrected chi connectivity index (χ1v) is 3.85. The first-order valence-electron chi connectivity index (χ1n) is 3.47. The lowest BCUT2D eigenvalue weighted by Gasteiger charge is -2.02. The number of halogens is 2. The summed E-state index contributed by atoms with van der Waals surface area (Å²) >= 11 is 5.43. The van der Waals surface area contributed by atoms with Gasteiger partial charge in [-0.1, -0.05) is 11.6 Å². The molecule has 5 heteroatoms. The Bertz CT molecular complexity index is 354. The second-order valence-electron chi connectivity index (χ2n) is 2.41. The molecule has 0 saturated carbocycles. The van der Waals surface area contributed by atoms with Gasteiger partial charge in [0.25, 0.3) is 0 Å². The van der Waals surface area contributed by atoms with Gasteiger partial charge in [-0.15, -0.1) is 0 Å². The lowest BCUT2D eigenvalue weighted by molar-refractivity contribution is 0.0595. The van der Waals surface area contributed by atoms with E-state index in [1.54, 1.807) is 6.92 Å². The van der Waals surface area contributed by atoms with Crippen molar-refractivity contribution >= 4 is 17.6 Å². The fourth-order valence-electron chi connectivity index (χ4n) is 0.878. The van der Waals surface area contributed by atoms with Crippen LogP contribution >= 0.6 is 11.6 Å². The number of hydrogen-bond donors (Lipinski definition) is 0. The van der Waals surface area contributed by atoms with Gasteiger partial charge in [0.15, 0.2) is 11.0 Å². The van der Waals surface area contributed by atoms with Gasteiger partial charge in [0.1, 0.15) is 5.56 Å². The van der Waals surface area contributed by atoms with E-state index in [1.165, 1.54) is 13.2 Å². The zero-order chi connectivity index (χ0) is 10.0. The number of rotatable bonds is 1. The summed E-state index contributed by atoms with van der Waals surface area (Å²) < 4.78 is 17.5. The van der Waals surface area contributed by atoms with Gasteiger partial charge in [-0.25, -0.2) is 14.2 Å². The zero-order valence-corrected chi connectivity index (χ0v) is 7.85. The molecule has 0 spiro atoms. The highest BCUT2D eigenvalue weighted by Gasteiger charge is 2.16. The van der Waals surface area contributed by atoms with Gasteiger partial charge >= 0.3 is 5.97 Å². The molecule has 0 fully saturated rings. The minimum absolute atomic E-state index is 0.194. The van der Waals surface area contributed by atoms with Crippen LogP contribution in [0.15, 0.2) is 6.07 Å². The van der Waals surface area contributed by atoms with E-state index in [0.29, 0.717) is 5.69 Å². The Kier molecular flexibility index (Phi) is 2.83. The largest absolute Gasteiger partial charge is 0.465 e. The number of aryl methyl sites for hydroxylation is 1. The molecule has 0 aromatic carbocycles. The molecule has 1 heterocycles. The standard InChI is InChI=1S/C8H7ClFNO2/c1-4-3-5(8(12)13-2)6(10)7(9)11-4/h3H,1-2H3. The fourth-order valence-corrected chi connectivity index (χ4v) is 1.11. The van der Waals surface area contributed by atoms with Crippen molar-refractivity contribution in [3.63, 3.8) is 0 Å². The Morgan fingerprint density at radius 2 is 2.31 bits per heavy atom. The molecule has 0 aliphatic heterocycles. The third-order valence-electron chi connectivity index (χ3n) is 1.45. The number of hydrogen-bond acceptors (Lipinski definition) is 3. The normalized spacial score (nSPS) is 9.85. The van der Waals surface area contributed by atoms with Crippen LogP contribution in [-0.4, -0.2) is 18.1 Å². The van der Waals surface area contributed by atoms with Crippen LogP contribution in [0.1, 0.15) is 16.1 Å². The maximum absolute atomic E-state index is 13.1. The Balaban J connectivity index is 3.28. The van der Waals surface area contributed by atoms with Crippen LogP contribution < -0.4 is 0 Å². The molecule has 1 rings (SSSR count). The lowest BCUT2D eigenvalue weighted by atomic mass is 10.2. The molecule has 0 saturated heterocycles. The van der Waals surface area contributed by atoms with Crippen molar-refractivity contribution in [2.24, 2.45) is 0 Å². The average molecular weight is 204 g/mol. The summed E-state index contributed by atoms with van der Waals surface area (Å²) in [5, 5.41) is -0.319. The quantitative estimate of drug-likeness (QED) is 0.518. The van der Waals surface area contributed by atoms with E-state index < -0.39 is 11.8 Å². The van der Waals surface area contributed by atoms with Crippen molar-refractivity contribution in [3.8, 4) is 0 Å². The molecule has 0 atom stereocenters. The predicted molar refractivity (Wildman–Crippen MR) is 45.3 cm³/mol. The van der Waals surface area contributed by atoms with Crippen molar-refractivity contribution in [2.45, 2.75) is 6.92 Å². The molecule has 1 aromatic rings. The van der Waals surface area contributed by atoms with E-state index in [4.69, 9.17) is 11.6 Å². The second kappa shape index (κ2) is 3.70. The van der Waals surface area contributed by atoms with Crippen LogP contribution in [0, 0.1) is 12.7 Å². The third kappa shape index (κ3) is 1.95. The van der Waals surface area contributed by atoms with Gasteiger partial charge in [0.05, 0.1) is 7.11 Å². The first-order chi connectivity index (χ1) is 6.06. The zero-order valence-electron chi connectivity index (χ0n) is 7.10. The minimum atomic E-state index is -0.848. The van der Waals surface area contributed by atoms with E-state index in [1.807, 2.05) is 0 Å². The minimum Gasteiger partial charge on any atom is -0.465 e. The fraction of sp³-hybridized carbons (Fsp3) is 0.250. The first kappa shape index (κ1) is 9.92. The SMILES string of the molecule is COC(=O)c1cc(C)nc(Cl)c1F. The summed E-state index contributed by atoms with van der Waals surface area (Å²) in [6.07, 6.45) is 0. The van der Waals surface area contributed by atoms with Crippen molar-refractivity contribution in [1.82, 2.24) is 4.98 Å². The van der Waals surface area contributed by atoms with Crippen molar-refractivity contribution < 1.29 is 13.9 Å². The van der Waals surface area contributed by atoms with E-state index in [2.05, 4.69) is 9.72 Å². The molecule has 0 radical (unpaired) electrons. The highest BCUT2D eigenvalue weighted by atomic mass is 35.5. The van der Waals surface area contributed by atoms with Crippen LogP contribution in [0.25, 0.3) is 0 Å². The van der Waals surface area contributed by atoms with Gasteiger partial charge in [-0.3, -0.25) is 0 Å². The summed E-state index contributed by atoms with van der Waals surface area (Å²) in [6, 6.07) is 1.28. The highest BCUT2D eigenvalue weighted by Crippen LogP contribution is 2.17. The second-order valence-corrected chi connectivity index (χ2v) is 2.77. The smallest absolute Gasteiger partial charge is 0.341 e. The monoisotopic (exact) mass is 203 g/mol. The van der Waals surface area contributed by atoms with Crippen LogP contribution in [0.4, 0.5) is 4.39 Å². The molecule has 0 N–H and O–H groups in total. The van der Waals surface area contributed by atoms with Gasteiger partial charge in [0, 0.05) is 5.69 Å². The Hall–Kier alpha value is -1.16. The molecule has 13 heavy (non-hydrogen) atoms. The molecule has 0 aliphatic carbocycles. The van der Waals surface area contributed by atoms with Crippen molar-refractivity contribution in [3.05, 3.63) is 28.3 Å². The molecule has 0 unspecified atom stereocenters. The average Bonchev–Trinajstić information content (AvgIpc) is 2.10. The third-order valence-corrected chi connectivity index (χ3v) is 1.70. The summed E-state index contributed by atoms with van der Waals surface area (Å²) in [5.74, 6) is -1.61. The summed E-state index contributed by atoms with van der Waals surface area (Å²) in [7, 11) is 1.17. The Morgan fingerprint density at radius 1 is 1.69 bits per heavy atom. The number of aromatic nitrogens is 1. The highest BCUT2D eigenvalue weighted by molar-refractivity contribution is 6.29. The predicted octanol–water partition coefficient (Wildman–Crippen LogP) is 1.97. The summed E-state index contributed by atoms with van der Waals surface area (Å²) in [4.78, 5) is 14.6. The van der Waals surface area contributed by atoms with Gasteiger partial charge < -0.3 is 4.74 Å². The molecule has 0 amide bonds. The lowest BCUT2D eigenvalue weighted by Crippen LogP contribution is -2.06. The van der Waals surface area contributed by atoms with E-state index in [9.17, 15) is 9.18 Å². The molecule has 0 bridgehead atoms. The molecular weight excluding hydrogens is 197 g/mol. The number of carbonyl (C=O) groups is 1. The maximum Gasteiger partial charge on any atom is 0.341 e. The van der Waals surface area contributed by atoms with Crippen LogP contribution in [0.5, 0.6) is 0 Å².